The number of unbranched alkanes of at least 4 members (excludes halogenated alkanes) is 1. The first-order valence-electron chi connectivity index (χ1n) is 11.1. The minimum atomic E-state index is -1.06. The fourth-order valence-corrected chi connectivity index (χ4v) is 3.89. The van der Waals surface area contributed by atoms with E-state index in [1.807, 2.05) is 55.5 Å². The summed E-state index contributed by atoms with van der Waals surface area (Å²) in [6.45, 7) is 5.55. The molecule has 3 aromatic rings. The second-order valence-electron chi connectivity index (χ2n) is 8.28. The quantitative estimate of drug-likeness (QED) is 0.401. The number of hydrogen-bond donors (Lipinski definition) is 3. The molecule has 1 aromatic heterocycles. The number of nitrogens with two attached hydrogens (primary N) is 1. The molecule has 0 radical (unpaired) electrons. The summed E-state index contributed by atoms with van der Waals surface area (Å²) in [5.74, 6) is -1.12. The number of aromatic amines is 1. The first-order chi connectivity index (χ1) is 15.8. The maximum atomic E-state index is 13.0. The Morgan fingerprint density at radius 1 is 1.09 bits per heavy atom. The van der Waals surface area contributed by atoms with Crippen LogP contribution in [-0.4, -0.2) is 48.5 Å². The molecule has 3 rings (SSSR count). The molecule has 0 spiro atoms. The van der Waals surface area contributed by atoms with Crippen molar-refractivity contribution in [1.82, 2.24) is 25.5 Å². The van der Waals surface area contributed by atoms with Crippen LogP contribution < -0.4 is 5.73 Å². The van der Waals surface area contributed by atoms with Crippen LogP contribution in [0.4, 0.5) is 0 Å². The second-order valence-corrected chi connectivity index (χ2v) is 8.28. The lowest BCUT2D eigenvalue weighted by atomic mass is 9.96. The van der Waals surface area contributed by atoms with E-state index in [-0.39, 0.29) is 18.2 Å². The summed E-state index contributed by atoms with van der Waals surface area (Å²) in [5, 5.41) is 24.1. The van der Waals surface area contributed by atoms with Gasteiger partial charge >= 0.3 is 5.97 Å². The lowest BCUT2D eigenvalue weighted by Gasteiger charge is -2.36. The molecule has 0 aliphatic heterocycles. The molecule has 0 aliphatic carbocycles. The predicted molar refractivity (Wildman–Crippen MR) is 125 cm³/mol. The smallest absolute Gasteiger partial charge is 0.326 e. The molecule has 0 aliphatic rings. The van der Waals surface area contributed by atoms with Crippen molar-refractivity contribution < 1.29 is 14.7 Å². The Labute approximate surface area is 193 Å². The number of tetrazole rings is 1. The number of carbonyl (C=O) groups is 2. The normalized spacial score (nSPS) is 13.0. The van der Waals surface area contributed by atoms with Gasteiger partial charge in [-0.25, -0.2) is 4.79 Å². The van der Waals surface area contributed by atoms with Gasteiger partial charge < -0.3 is 15.7 Å². The first-order valence-corrected chi connectivity index (χ1v) is 11.1. The molecular weight excluding hydrogens is 420 g/mol. The highest BCUT2D eigenvalue weighted by Crippen LogP contribution is 2.31. The van der Waals surface area contributed by atoms with Gasteiger partial charge in [0.15, 0.2) is 0 Å². The van der Waals surface area contributed by atoms with Crippen molar-refractivity contribution >= 4 is 11.9 Å². The molecule has 174 valence electrons. The van der Waals surface area contributed by atoms with Gasteiger partial charge in [0.25, 0.3) is 0 Å². The Morgan fingerprint density at radius 2 is 1.76 bits per heavy atom. The zero-order valence-electron chi connectivity index (χ0n) is 19.1. The fraction of sp³-hybridized carbons (Fsp3) is 0.375. The molecule has 0 saturated heterocycles. The topological polar surface area (TPSA) is 138 Å². The minimum Gasteiger partial charge on any atom is -0.480 e. The van der Waals surface area contributed by atoms with Crippen LogP contribution in [0.1, 0.15) is 51.8 Å². The number of H-pyrrole nitrogens is 1. The molecule has 4 N–H and O–H groups in total. The van der Waals surface area contributed by atoms with E-state index in [0.717, 1.165) is 23.1 Å². The van der Waals surface area contributed by atoms with E-state index in [1.54, 1.807) is 13.8 Å². The molecule has 0 fully saturated rings. The molecule has 0 saturated carbocycles. The van der Waals surface area contributed by atoms with E-state index in [2.05, 4.69) is 20.6 Å². The van der Waals surface area contributed by atoms with Crippen LogP contribution in [0.15, 0.2) is 48.5 Å². The third-order valence-electron chi connectivity index (χ3n) is 5.59. The lowest BCUT2D eigenvalue weighted by Crippen LogP contribution is -2.52. The average Bonchev–Trinajstić information content (AvgIpc) is 3.35. The van der Waals surface area contributed by atoms with Crippen molar-refractivity contribution in [2.45, 2.75) is 52.2 Å². The summed E-state index contributed by atoms with van der Waals surface area (Å²) in [4.78, 5) is 26.3. The average molecular weight is 451 g/mol. The summed E-state index contributed by atoms with van der Waals surface area (Å²) >= 11 is 0. The molecular formula is C24H30N6O3. The number of benzene rings is 2. The van der Waals surface area contributed by atoms with Gasteiger partial charge in [-0.1, -0.05) is 75.7 Å². The Bertz CT molecular complexity index is 1070. The number of aromatic nitrogens is 4. The van der Waals surface area contributed by atoms with E-state index in [4.69, 9.17) is 5.73 Å². The number of nitrogens with zero attached hydrogens (tertiary/aromatic N) is 4. The number of amides is 1. The third kappa shape index (κ3) is 5.43. The van der Waals surface area contributed by atoms with Gasteiger partial charge in [-0.3, -0.25) is 4.79 Å². The van der Waals surface area contributed by atoms with Crippen LogP contribution in [0, 0.1) is 5.92 Å². The van der Waals surface area contributed by atoms with Gasteiger partial charge in [0.1, 0.15) is 12.2 Å². The standard InChI is InChI=1S/C24H30N6O3/c1-4-5-10-20(31)30(21(15(2)3)24(32)33)22(25)17-13-11-16(12-14-17)18-8-6-7-9-19(18)23-26-28-29-27-23/h6-9,11-15,21-22H,4-5,10,25H2,1-3H3,(H,32,33)(H,26,27,28,29)/t21-,22?/m0/s1. The Hall–Kier alpha value is -3.59. The summed E-state index contributed by atoms with van der Waals surface area (Å²) in [5.41, 5.74) is 9.81. The molecule has 1 amide bonds. The van der Waals surface area contributed by atoms with Crippen LogP contribution >= 0.6 is 0 Å². The van der Waals surface area contributed by atoms with Gasteiger partial charge in [-0.15, -0.1) is 10.2 Å². The molecule has 1 unspecified atom stereocenters. The van der Waals surface area contributed by atoms with Crippen molar-refractivity contribution in [3.8, 4) is 22.5 Å². The van der Waals surface area contributed by atoms with Gasteiger partial charge in [0.05, 0.1) is 0 Å². The lowest BCUT2D eigenvalue weighted by molar-refractivity contribution is -0.155. The van der Waals surface area contributed by atoms with Crippen LogP contribution in [0.5, 0.6) is 0 Å². The van der Waals surface area contributed by atoms with Crippen LogP contribution in [0.2, 0.25) is 0 Å². The number of carboxylic acid groups (broad SMARTS) is 1. The summed E-state index contributed by atoms with van der Waals surface area (Å²) in [6, 6.07) is 14.1. The van der Waals surface area contributed by atoms with E-state index in [0.29, 0.717) is 17.8 Å². The summed E-state index contributed by atoms with van der Waals surface area (Å²) < 4.78 is 0. The van der Waals surface area contributed by atoms with Crippen LogP contribution in [0.3, 0.4) is 0 Å². The minimum absolute atomic E-state index is 0.253. The molecule has 9 heteroatoms. The number of aliphatic carboxylic acids is 1. The van der Waals surface area contributed by atoms with Crippen LogP contribution in [0.25, 0.3) is 22.5 Å². The fourth-order valence-electron chi connectivity index (χ4n) is 3.89. The summed E-state index contributed by atoms with van der Waals surface area (Å²) in [6.07, 6.45) is 0.900. The zero-order valence-corrected chi connectivity index (χ0v) is 19.1. The van der Waals surface area contributed by atoms with Gasteiger partial charge in [-0.2, -0.15) is 5.21 Å². The second kappa shape index (κ2) is 10.8. The maximum absolute atomic E-state index is 13.0. The number of carboxylic acids is 1. The van der Waals surface area contributed by atoms with E-state index < -0.39 is 18.2 Å². The Kier molecular flexibility index (Phi) is 7.89. The largest absolute Gasteiger partial charge is 0.480 e. The van der Waals surface area contributed by atoms with E-state index >= 15 is 0 Å². The molecule has 9 nitrogen and oxygen atoms in total. The van der Waals surface area contributed by atoms with Crippen LogP contribution in [-0.2, 0) is 9.59 Å². The van der Waals surface area contributed by atoms with Gasteiger partial charge in [-0.05, 0) is 34.2 Å². The highest BCUT2D eigenvalue weighted by Gasteiger charge is 2.36. The Balaban J connectivity index is 1.94. The predicted octanol–water partition coefficient (Wildman–Crippen LogP) is 3.62. The monoisotopic (exact) mass is 450 g/mol. The Morgan fingerprint density at radius 3 is 2.30 bits per heavy atom. The maximum Gasteiger partial charge on any atom is 0.326 e. The van der Waals surface area contributed by atoms with Crippen molar-refractivity contribution in [3.05, 3.63) is 54.1 Å². The highest BCUT2D eigenvalue weighted by atomic mass is 16.4. The van der Waals surface area contributed by atoms with Gasteiger partial charge in [0, 0.05) is 12.0 Å². The van der Waals surface area contributed by atoms with Crippen molar-refractivity contribution in [2.24, 2.45) is 11.7 Å². The van der Waals surface area contributed by atoms with E-state index in [1.165, 1.54) is 4.90 Å². The number of hydrogen-bond acceptors (Lipinski definition) is 6. The highest BCUT2D eigenvalue weighted by molar-refractivity contribution is 5.84. The SMILES string of the molecule is CCCCC(=O)N(C(N)c1ccc(-c2ccccc2-c2nn[nH]n2)cc1)[C@H](C(=O)O)C(C)C. The van der Waals surface area contributed by atoms with Crippen molar-refractivity contribution in [3.63, 3.8) is 0 Å². The van der Waals surface area contributed by atoms with Crippen molar-refractivity contribution in [1.29, 1.82) is 0 Å². The van der Waals surface area contributed by atoms with E-state index in [9.17, 15) is 14.7 Å². The van der Waals surface area contributed by atoms with Gasteiger partial charge in [0.2, 0.25) is 11.7 Å². The third-order valence-corrected chi connectivity index (χ3v) is 5.59. The number of rotatable bonds is 10. The molecule has 0 bridgehead atoms. The summed E-state index contributed by atoms with van der Waals surface area (Å²) in [7, 11) is 0. The molecule has 33 heavy (non-hydrogen) atoms. The molecule has 2 atom stereocenters. The number of carbonyl (C=O) groups excluding carboxylic acids is 1. The molecule has 1 heterocycles. The number of nitrogens with one attached hydrogen (secondary N) is 1. The zero-order chi connectivity index (χ0) is 24.0. The first kappa shape index (κ1) is 24.1. The molecule has 2 aromatic carbocycles. The van der Waals surface area contributed by atoms with Crippen molar-refractivity contribution in [2.75, 3.05) is 0 Å².